The first-order valence-electron chi connectivity index (χ1n) is 46.5. The van der Waals surface area contributed by atoms with Gasteiger partial charge >= 0.3 is 49.9 Å². The molecule has 24 nitrogen and oxygen atoms in total. The van der Waals surface area contributed by atoms with Gasteiger partial charge in [0.25, 0.3) is 17.7 Å². The summed E-state index contributed by atoms with van der Waals surface area (Å²) in [4.78, 5) is 117. The van der Waals surface area contributed by atoms with Crippen LogP contribution in [0.1, 0.15) is 330 Å². The molecule has 700 valence electrons. The van der Waals surface area contributed by atoms with Crippen LogP contribution in [-0.2, 0) is 90.8 Å². The van der Waals surface area contributed by atoms with Crippen LogP contribution in [0.2, 0.25) is 15.1 Å². The molecule has 6 fully saturated rings. The summed E-state index contributed by atoms with van der Waals surface area (Å²) in [7, 11) is 1.90. The molecule has 6 atom stereocenters. The molecule has 30 heteroatoms. The van der Waals surface area contributed by atoms with Gasteiger partial charge in [0, 0.05) is 66.5 Å². The molecule has 3 N–H and O–H groups in total. The van der Waals surface area contributed by atoms with E-state index in [9.17, 15) is 48.3 Å². The van der Waals surface area contributed by atoms with Crippen molar-refractivity contribution in [1.82, 2.24) is 39.6 Å². The van der Waals surface area contributed by atoms with Crippen LogP contribution in [0, 0.1) is 44.6 Å². The van der Waals surface area contributed by atoms with E-state index in [0.717, 1.165) is 153 Å². The predicted molar refractivity (Wildman–Crippen MR) is 509 cm³/mol. The molecule has 1 spiro atoms. The van der Waals surface area contributed by atoms with Crippen LogP contribution in [0.25, 0.3) is 11.1 Å². The van der Waals surface area contributed by atoms with Crippen molar-refractivity contribution in [3.05, 3.63) is 176 Å². The number of carbonyl (C=O) groups excluding carboxylic acids is 8. The number of aliphatic carboxylic acids is 1. The summed E-state index contributed by atoms with van der Waals surface area (Å²) in [6, 6.07) is 16.9. The van der Waals surface area contributed by atoms with E-state index in [1.807, 2.05) is 105 Å². The normalized spacial score (nSPS) is 22.7. The number of rotatable bonds is 15. The van der Waals surface area contributed by atoms with E-state index in [-0.39, 0.29) is 126 Å². The van der Waals surface area contributed by atoms with E-state index in [1.165, 1.54) is 40.2 Å². The van der Waals surface area contributed by atoms with E-state index < -0.39 is 28.7 Å². The van der Waals surface area contributed by atoms with Gasteiger partial charge in [-0.1, -0.05) is 89.4 Å². The topological polar surface area (TPSA) is 319 Å². The monoisotopic (exact) mass is 1960 g/mol. The summed E-state index contributed by atoms with van der Waals surface area (Å²) < 4.78 is 34.1. The Hall–Kier alpha value is -7.20. The zero-order chi connectivity index (χ0) is 93.1. The summed E-state index contributed by atoms with van der Waals surface area (Å²) in [5.74, 6) is -1.72. The molecule has 9 aliphatic carbocycles. The molecular weight excluding hydrogens is 1830 g/mol. The maximum absolute atomic E-state index is 14.0. The van der Waals surface area contributed by atoms with Crippen molar-refractivity contribution in [2.75, 3.05) is 33.2 Å². The zero-order valence-corrected chi connectivity index (χ0v) is 83.7. The van der Waals surface area contributed by atoms with Crippen molar-refractivity contribution >= 4 is 129 Å². The molecule has 6 aromatic rings. The summed E-state index contributed by atoms with van der Waals surface area (Å²) >= 11 is 21.7. The van der Waals surface area contributed by atoms with Gasteiger partial charge in [0.05, 0.1) is 95.1 Å². The molecule has 0 amide bonds. The van der Waals surface area contributed by atoms with Crippen LogP contribution >= 0.6 is 57.4 Å². The molecule has 3 saturated carbocycles. The van der Waals surface area contributed by atoms with Gasteiger partial charge in [0.1, 0.15) is 32.1 Å². The average Bonchev–Trinajstić information content (AvgIpc) is 1.72. The Bertz CT molecular complexity index is 5250. The molecule has 3 aromatic heterocycles. The number of ketones is 2. The number of nitrogens with one attached hydrogen (secondary N) is 1. The van der Waals surface area contributed by atoms with E-state index in [1.54, 1.807) is 32.0 Å². The van der Waals surface area contributed by atoms with Crippen LogP contribution in [-0.4, -0.2) is 166 Å². The number of aromatic nitrogens is 6. The minimum absolute atomic E-state index is 0. The smallest absolute Gasteiger partial charge is 0.870 e. The van der Waals surface area contributed by atoms with Gasteiger partial charge in [0.15, 0.2) is 0 Å². The third kappa shape index (κ3) is 24.1. The number of nitrogens with zero attached hydrogens (tertiary/aromatic N) is 7. The van der Waals surface area contributed by atoms with E-state index >= 15 is 0 Å². The molecule has 18 rings (SSSR count). The van der Waals surface area contributed by atoms with E-state index in [2.05, 4.69) is 84.8 Å². The van der Waals surface area contributed by atoms with Crippen molar-refractivity contribution in [3.8, 4) is 0 Å². The third-order valence-electron chi connectivity index (χ3n) is 27.5. The Balaban J connectivity index is 0.000000155. The third-order valence-corrected chi connectivity index (χ3v) is 29.3. The predicted octanol–water partition coefficient (Wildman–Crippen LogP) is 16.6. The largest absolute Gasteiger partial charge is 1.00 e. The molecule has 3 saturated heterocycles. The number of likely N-dealkylation sites (tertiary alicyclic amines) is 1. The summed E-state index contributed by atoms with van der Waals surface area (Å²) in [6.07, 6.45) is 24.1. The molecule has 3 aliphatic heterocycles. The molecule has 0 radical (unpaired) electrons. The van der Waals surface area contributed by atoms with E-state index in [0.29, 0.717) is 132 Å². The first-order valence-corrected chi connectivity index (χ1v) is 48.7. The Morgan fingerprint density at radius 1 is 0.473 bits per heavy atom. The number of hydrogen-bond acceptors (Lipinski definition) is 20. The Morgan fingerprint density at radius 2 is 0.802 bits per heavy atom. The first-order chi connectivity index (χ1) is 60.8. The van der Waals surface area contributed by atoms with E-state index in [4.69, 9.17) is 68.5 Å². The minimum Gasteiger partial charge on any atom is -0.870 e. The van der Waals surface area contributed by atoms with Crippen LogP contribution < -0.4 is 24.2 Å². The molecule has 6 heterocycles. The Kier molecular flexibility index (Phi) is 32.5. The van der Waals surface area contributed by atoms with Gasteiger partial charge < -0.3 is 44.3 Å². The fourth-order valence-corrected chi connectivity index (χ4v) is 20.9. The number of carboxylic acid groups (broad SMARTS) is 1. The number of fused-ring (bicyclic) bond motifs is 3. The summed E-state index contributed by atoms with van der Waals surface area (Å²) in [5, 5.41) is 28.5. The molecule has 6 unspecified atom stereocenters. The minimum atomic E-state index is -0.860. The fourth-order valence-electron chi connectivity index (χ4n) is 19.3. The van der Waals surface area contributed by atoms with Gasteiger partial charge in [-0.25, -0.2) is 0 Å². The van der Waals surface area contributed by atoms with Crippen molar-refractivity contribution < 1.29 is 96.1 Å². The van der Waals surface area contributed by atoms with Crippen molar-refractivity contribution in [2.45, 2.75) is 304 Å². The summed E-state index contributed by atoms with van der Waals surface area (Å²) in [6.45, 7) is 33.6. The molecule has 0 bridgehead atoms. The van der Waals surface area contributed by atoms with Gasteiger partial charge in [-0.15, -0.1) is 0 Å². The maximum atomic E-state index is 14.0. The quantitative estimate of drug-likeness (QED) is 0.0417. The number of halogens is 4. The number of carboxylic acids is 1. The maximum Gasteiger partial charge on any atom is 1.00 e. The first kappa shape index (κ1) is 103. The second kappa shape index (κ2) is 41.4. The number of hydrogen-bond donors (Lipinski definition) is 2. The van der Waals surface area contributed by atoms with Gasteiger partial charge in [-0.05, 0) is 350 Å². The SMILES string of the molecule is CC(=O)C1CCc2c(C3=CCC(C(=O)OC(C)(C)C)CC3)nn(C(=O)c3c(Cl)cccc3C3CC3)c2C1.CC(=O)C1CCc2c(I)nn(C(=O)c3c(Cl)cccc3C3CC3)c2C1.CC(C)(C)OC(=O)C1CC=C(B2OC(C)(C)C(C)(C)O2)CC1.CC(C)(C)OC(=O)C1CC=C(c2nn(C(=O)c3c(Cl)cccc3C3CC3)c3c2CCC(C(=O)O)C3)CC1.CN1CC2(CNC2)C1.[Li+].[OH-]. The fraction of sp³-hybridized carbons (Fsp3) is 0.584. The van der Waals surface area contributed by atoms with Crippen molar-refractivity contribution in [3.63, 3.8) is 0 Å². The second-order valence-corrected chi connectivity index (χ2v) is 44.1. The number of benzene rings is 3. The van der Waals surface area contributed by atoms with Gasteiger partial charge in [-0.2, -0.15) is 29.3 Å². The second-order valence-electron chi connectivity index (χ2n) is 41.8. The number of carbonyl (C=O) groups is 9. The Labute approximate surface area is 811 Å². The summed E-state index contributed by atoms with van der Waals surface area (Å²) in [5.41, 5.74) is 13.4. The molecule has 131 heavy (non-hydrogen) atoms. The van der Waals surface area contributed by atoms with Crippen LogP contribution in [0.5, 0.6) is 0 Å². The average molecular weight is 1960 g/mol. The molecular formula is C101H128BCl3ILiN8O16. The number of Topliss-reactive ketones (excluding diaryl/α,β-unsaturated/α-hetero) is 2. The molecule has 3 aromatic carbocycles. The van der Waals surface area contributed by atoms with Gasteiger partial charge in [0.2, 0.25) is 0 Å². The Morgan fingerprint density at radius 3 is 1.10 bits per heavy atom. The van der Waals surface area contributed by atoms with Crippen LogP contribution in [0.4, 0.5) is 0 Å². The van der Waals surface area contributed by atoms with Crippen molar-refractivity contribution in [2.24, 2.45) is 40.9 Å². The molecule has 12 aliphatic rings. The van der Waals surface area contributed by atoms with Crippen LogP contribution in [0.3, 0.4) is 0 Å². The van der Waals surface area contributed by atoms with Crippen molar-refractivity contribution in [1.29, 1.82) is 0 Å². The standard InChI is InChI=1S/C30H35ClN2O4.C29H33ClN2O5.C19H18ClIN2O2.C17H29BO4.C6H12N2.Li.H2O/c1-17(34)21-14-15-23-25(16-21)33(28(35)26-22(18-8-9-18)6-5-7-24(26)31)32-27(23)19-10-12-20(13-11-19)29(36)37-30(2,3)4;1-29(2,3)37-28(36)18-11-9-17(10-12-18)25-21-14-13-19(27(34)35)15-23(21)32(31-25)26(33)24-20(16-7-8-16)5-4-6-22(24)30;1-10(24)12-7-8-14-16(9-12)23(22-18(14)21)19(25)17-13(11-5-6-11)3-2-4-15(17)20;1-15(2,3)20-14(19)12-8-10-13(11-9-12)18-21-16(4,5)17(6,7)22-18;1-8-4-6(5-8)2-7-3-6;;/h5-7,10,18,20-21H,8-9,11-16H2,1-4H3;4-6,9,16,18-19H,7-8,10-15H2,1-3H3,(H,34,35);2-4,11-12H,5-9H2,1H3;10,12H,8-9,11H2,1-7H3;7H,2-5H2,1H3;;1H2/q;;;;;+1;/p-1. The number of ether oxygens (including phenoxy) is 3. The number of esters is 3. The van der Waals surface area contributed by atoms with Gasteiger partial charge in [-0.3, -0.25) is 43.2 Å². The number of allylic oxidation sites excluding steroid dienone is 6. The zero-order valence-electron chi connectivity index (χ0n) is 79.3. The van der Waals surface area contributed by atoms with Crippen LogP contribution in [0.15, 0.2) is 78.3 Å².